The van der Waals surface area contributed by atoms with Gasteiger partial charge in [-0.05, 0) is 36.8 Å². The van der Waals surface area contributed by atoms with Crippen LogP contribution in [-0.4, -0.2) is 23.1 Å². The molecule has 3 aromatic carbocycles. The van der Waals surface area contributed by atoms with Crippen LogP contribution in [0.25, 0.3) is 10.8 Å². The summed E-state index contributed by atoms with van der Waals surface area (Å²) in [5.41, 5.74) is 2.75. The molecule has 3 rings (SSSR count). The molecule has 1 amide bonds. The fraction of sp³-hybridized carbons (Fsp3) is 0.143. The topological polar surface area (TPSA) is 93.8 Å². The van der Waals surface area contributed by atoms with Crippen molar-refractivity contribution in [2.75, 3.05) is 0 Å². The fourth-order valence-corrected chi connectivity index (χ4v) is 2.81. The zero-order valence-electron chi connectivity index (χ0n) is 15.5. The number of hydrazone groups is 1. The average molecular weight is 377 g/mol. The molecule has 7 heteroatoms. The molecular weight excluding hydrogens is 358 g/mol. The lowest BCUT2D eigenvalue weighted by Gasteiger charge is -2.14. The number of hydrogen-bond donors (Lipinski definition) is 1. The zero-order valence-corrected chi connectivity index (χ0v) is 15.5. The van der Waals surface area contributed by atoms with Gasteiger partial charge in [-0.2, -0.15) is 5.10 Å². The van der Waals surface area contributed by atoms with E-state index in [1.807, 2.05) is 50.2 Å². The molecule has 0 radical (unpaired) electrons. The van der Waals surface area contributed by atoms with Gasteiger partial charge in [0.25, 0.3) is 11.6 Å². The van der Waals surface area contributed by atoms with Crippen LogP contribution in [0.3, 0.4) is 0 Å². The molecule has 142 valence electrons. The van der Waals surface area contributed by atoms with E-state index in [0.717, 1.165) is 16.3 Å². The van der Waals surface area contributed by atoms with Crippen LogP contribution in [0.15, 0.2) is 65.8 Å². The number of carbonyl (C=O) groups is 1. The Labute approximate surface area is 161 Å². The van der Waals surface area contributed by atoms with Crippen LogP contribution >= 0.6 is 0 Å². The molecule has 0 bridgehead atoms. The van der Waals surface area contributed by atoms with Crippen LogP contribution in [0.5, 0.6) is 5.75 Å². The summed E-state index contributed by atoms with van der Waals surface area (Å²) in [6, 6.07) is 17.3. The second kappa shape index (κ2) is 8.30. The van der Waals surface area contributed by atoms with Crippen LogP contribution in [0.2, 0.25) is 0 Å². The van der Waals surface area contributed by atoms with Gasteiger partial charge >= 0.3 is 0 Å². The first-order chi connectivity index (χ1) is 13.5. The third-order valence-electron chi connectivity index (χ3n) is 4.00. The summed E-state index contributed by atoms with van der Waals surface area (Å²) in [6.45, 7) is 3.85. The van der Waals surface area contributed by atoms with Gasteiger partial charge in [-0.15, -0.1) is 0 Å². The van der Waals surface area contributed by atoms with E-state index in [1.54, 1.807) is 6.07 Å². The zero-order chi connectivity index (χ0) is 20.1. The number of benzene rings is 3. The van der Waals surface area contributed by atoms with Crippen molar-refractivity contribution in [3.05, 3.63) is 81.9 Å². The van der Waals surface area contributed by atoms with Gasteiger partial charge in [-0.25, -0.2) is 5.43 Å². The first-order valence-electron chi connectivity index (χ1n) is 8.72. The maximum atomic E-state index is 12.3. The van der Waals surface area contributed by atoms with Gasteiger partial charge in [0.1, 0.15) is 11.3 Å². The molecule has 0 spiro atoms. The van der Waals surface area contributed by atoms with E-state index in [-0.39, 0.29) is 17.4 Å². The van der Waals surface area contributed by atoms with Gasteiger partial charge in [0.2, 0.25) is 0 Å². The van der Waals surface area contributed by atoms with Crippen molar-refractivity contribution in [2.24, 2.45) is 5.10 Å². The van der Waals surface area contributed by atoms with Gasteiger partial charge in [0.05, 0.1) is 17.2 Å². The van der Waals surface area contributed by atoms with E-state index < -0.39 is 10.8 Å². The standard InChI is InChI=1S/C21H19N3O4/c1-14(2)28-20-12-11-15-7-3-4-8-16(15)18(20)13-22-23-21(25)17-9-5-6-10-19(17)24(26)27/h3-14H,1-2H3,(H,23,25)/b22-13-. The maximum absolute atomic E-state index is 12.3. The lowest BCUT2D eigenvalue weighted by Crippen LogP contribution is -2.19. The van der Waals surface area contributed by atoms with Crippen LogP contribution in [0.1, 0.15) is 29.8 Å². The highest BCUT2D eigenvalue weighted by molar-refractivity contribution is 6.03. The number of fused-ring (bicyclic) bond motifs is 1. The second-order valence-electron chi connectivity index (χ2n) is 6.34. The molecule has 0 aliphatic heterocycles. The molecule has 28 heavy (non-hydrogen) atoms. The Morgan fingerprint density at radius 2 is 1.82 bits per heavy atom. The monoisotopic (exact) mass is 377 g/mol. The minimum atomic E-state index is -0.657. The Balaban J connectivity index is 1.91. The summed E-state index contributed by atoms with van der Waals surface area (Å²) >= 11 is 0. The third-order valence-corrected chi connectivity index (χ3v) is 4.00. The SMILES string of the molecule is CC(C)Oc1ccc2ccccc2c1/C=N\NC(=O)c1ccccc1[N+](=O)[O-]. The number of nitro benzene ring substituents is 1. The first kappa shape index (κ1) is 19.0. The molecule has 0 saturated heterocycles. The van der Waals surface area contributed by atoms with Crippen molar-refractivity contribution < 1.29 is 14.5 Å². The highest BCUT2D eigenvalue weighted by Crippen LogP contribution is 2.27. The smallest absolute Gasteiger partial charge is 0.282 e. The molecule has 3 aromatic rings. The second-order valence-corrected chi connectivity index (χ2v) is 6.34. The normalized spacial score (nSPS) is 11.1. The largest absolute Gasteiger partial charge is 0.490 e. The third kappa shape index (κ3) is 4.15. The number of nitrogens with one attached hydrogen (secondary N) is 1. The lowest BCUT2D eigenvalue weighted by atomic mass is 10.0. The van der Waals surface area contributed by atoms with Gasteiger partial charge in [0, 0.05) is 11.6 Å². The molecule has 0 aliphatic carbocycles. The number of ether oxygens (including phenoxy) is 1. The van der Waals surface area contributed by atoms with E-state index in [9.17, 15) is 14.9 Å². The van der Waals surface area contributed by atoms with Crippen LogP contribution in [-0.2, 0) is 0 Å². The first-order valence-corrected chi connectivity index (χ1v) is 8.72. The van der Waals surface area contributed by atoms with Crippen molar-refractivity contribution in [3.8, 4) is 5.75 Å². The maximum Gasteiger partial charge on any atom is 0.282 e. The summed E-state index contributed by atoms with van der Waals surface area (Å²) in [7, 11) is 0. The minimum Gasteiger partial charge on any atom is -0.490 e. The number of hydrogen-bond acceptors (Lipinski definition) is 5. The predicted molar refractivity (Wildman–Crippen MR) is 108 cm³/mol. The molecule has 0 unspecified atom stereocenters. The number of rotatable bonds is 6. The van der Waals surface area contributed by atoms with Gasteiger partial charge in [-0.3, -0.25) is 14.9 Å². The number of nitrogens with zero attached hydrogens (tertiary/aromatic N) is 2. The Morgan fingerprint density at radius 1 is 1.11 bits per heavy atom. The summed E-state index contributed by atoms with van der Waals surface area (Å²) in [5, 5.41) is 17.0. The van der Waals surface area contributed by atoms with E-state index in [1.165, 1.54) is 24.4 Å². The van der Waals surface area contributed by atoms with Gasteiger partial charge in [-0.1, -0.05) is 42.5 Å². The molecule has 1 N–H and O–H groups in total. The molecule has 0 aromatic heterocycles. The van der Waals surface area contributed by atoms with Crippen LogP contribution in [0, 0.1) is 10.1 Å². The van der Waals surface area contributed by atoms with Gasteiger partial charge < -0.3 is 4.74 Å². The Bertz CT molecular complexity index is 1060. The molecule has 0 atom stereocenters. The highest BCUT2D eigenvalue weighted by Gasteiger charge is 2.18. The van der Waals surface area contributed by atoms with Crippen molar-refractivity contribution in [1.29, 1.82) is 0 Å². The Morgan fingerprint density at radius 3 is 2.57 bits per heavy atom. The Hall–Kier alpha value is -3.74. The number of para-hydroxylation sites is 1. The number of amides is 1. The molecule has 0 aliphatic rings. The summed E-state index contributed by atoms with van der Waals surface area (Å²) in [6.07, 6.45) is 1.46. The molecule has 7 nitrogen and oxygen atoms in total. The number of carbonyl (C=O) groups excluding carboxylic acids is 1. The van der Waals surface area contributed by atoms with Crippen molar-refractivity contribution >= 4 is 28.6 Å². The van der Waals surface area contributed by atoms with E-state index in [2.05, 4.69) is 10.5 Å². The van der Waals surface area contributed by atoms with Gasteiger partial charge in [0.15, 0.2) is 0 Å². The molecule has 0 heterocycles. The molecule has 0 saturated carbocycles. The summed E-state index contributed by atoms with van der Waals surface area (Å²) in [4.78, 5) is 22.8. The minimum absolute atomic E-state index is 0.0325. The fourth-order valence-electron chi connectivity index (χ4n) is 2.81. The highest BCUT2D eigenvalue weighted by atomic mass is 16.6. The van der Waals surface area contributed by atoms with Crippen LogP contribution in [0.4, 0.5) is 5.69 Å². The summed E-state index contributed by atoms with van der Waals surface area (Å²) in [5.74, 6) is -0.0208. The van der Waals surface area contributed by atoms with E-state index in [4.69, 9.17) is 4.74 Å². The average Bonchev–Trinajstić information content (AvgIpc) is 2.68. The quantitative estimate of drug-likeness (QED) is 0.394. The molecular formula is C21H19N3O4. The van der Waals surface area contributed by atoms with E-state index >= 15 is 0 Å². The number of nitro groups is 1. The lowest BCUT2D eigenvalue weighted by molar-refractivity contribution is -0.385. The molecule has 0 fully saturated rings. The Kier molecular flexibility index (Phi) is 5.64. The predicted octanol–water partition coefficient (Wildman–Crippen LogP) is 4.30. The van der Waals surface area contributed by atoms with Crippen LogP contribution < -0.4 is 10.2 Å². The van der Waals surface area contributed by atoms with Crippen molar-refractivity contribution in [3.63, 3.8) is 0 Å². The van der Waals surface area contributed by atoms with Crippen molar-refractivity contribution in [2.45, 2.75) is 20.0 Å². The van der Waals surface area contributed by atoms with E-state index in [0.29, 0.717) is 5.75 Å². The summed E-state index contributed by atoms with van der Waals surface area (Å²) < 4.78 is 5.85. The van der Waals surface area contributed by atoms with Crippen molar-refractivity contribution in [1.82, 2.24) is 5.43 Å².